The molecule has 11 aromatic rings. The molecule has 4 heteroatoms. The summed E-state index contributed by atoms with van der Waals surface area (Å²) in [5.74, 6) is -0.122. The van der Waals surface area contributed by atoms with Crippen LogP contribution in [0.4, 0.5) is 0 Å². The van der Waals surface area contributed by atoms with Gasteiger partial charge in [-0.1, -0.05) is 157 Å². The number of rotatable bonds is 5. The maximum absolute atomic E-state index is 9.64. The Morgan fingerprint density at radius 1 is 0.327 bits per heavy atom. The van der Waals surface area contributed by atoms with Crippen molar-refractivity contribution in [1.82, 2.24) is 15.0 Å². The van der Waals surface area contributed by atoms with Crippen LogP contribution in [0.15, 0.2) is 192 Å². The molecule has 0 spiro atoms. The maximum atomic E-state index is 9.64. The van der Waals surface area contributed by atoms with Gasteiger partial charge < -0.3 is 4.42 Å². The van der Waals surface area contributed by atoms with Gasteiger partial charge in [0.25, 0.3) is 0 Å². The minimum absolute atomic E-state index is 0.0740. The monoisotopic (exact) mass is 720 g/mol. The van der Waals surface area contributed by atoms with E-state index >= 15 is 0 Å². The Morgan fingerprint density at radius 2 is 0.855 bits per heavy atom. The zero-order valence-electron chi connectivity index (χ0n) is 47.2. The van der Waals surface area contributed by atoms with E-state index in [1.165, 1.54) is 0 Å². The second kappa shape index (κ2) is 12.6. The highest BCUT2D eigenvalue weighted by Gasteiger charge is 2.16. The molecule has 256 valence electrons. The van der Waals surface area contributed by atoms with Crippen molar-refractivity contribution in [2.75, 3.05) is 0 Å². The summed E-state index contributed by atoms with van der Waals surface area (Å²) < 4.78 is 178. The van der Waals surface area contributed by atoms with Crippen LogP contribution < -0.4 is 0 Å². The van der Waals surface area contributed by atoms with Gasteiger partial charge in [-0.3, -0.25) is 0 Å². The van der Waals surface area contributed by atoms with E-state index in [1.807, 2.05) is 30.3 Å². The summed E-state index contributed by atoms with van der Waals surface area (Å²) in [6.45, 7) is 0. The van der Waals surface area contributed by atoms with Crippen LogP contribution in [0.25, 0.3) is 111 Å². The normalized spacial score (nSPS) is 16.5. The minimum atomic E-state index is -0.938. The maximum Gasteiger partial charge on any atom is 0.164 e. The van der Waals surface area contributed by atoms with Crippen molar-refractivity contribution in [2.24, 2.45) is 0 Å². The average Bonchev–Trinajstić information content (AvgIpc) is 3.78. The third kappa shape index (κ3) is 5.34. The highest BCUT2D eigenvalue weighted by atomic mass is 16.3. The number of para-hydroxylation sites is 1. The fraction of sp³-hybridized carbons (Fsp3) is 0. The standard InChI is InChI=1S/C51H31N3O/c1-2-11-34(12-3-1)49-52-50(54-51(53-49)38-26-28-45-44-19-8-9-20-47(44)55-48(45)31-38)37-14-10-13-35(29-37)32-21-23-33(24-22-32)36-25-27-43-41-17-5-4-15-39(41)40-16-6-7-18-42(40)46(43)30-36/h1-31H/i4D,5D,6D,7D,10D,13D,14D,15D,16D,17D,18D,21D,22D,23D,24D,25D,27D,29D,30D. The average molecular weight is 721 g/mol. The van der Waals surface area contributed by atoms with Crippen LogP contribution in [-0.2, 0) is 0 Å². The third-order valence-electron chi connectivity index (χ3n) is 9.22. The Hall–Kier alpha value is -7.43. The summed E-state index contributed by atoms with van der Waals surface area (Å²) in [7, 11) is 0. The number of hydrogen-bond donors (Lipinski definition) is 0. The summed E-state index contributed by atoms with van der Waals surface area (Å²) in [5, 5.41) is -0.927. The summed E-state index contributed by atoms with van der Waals surface area (Å²) in [4.78, 5) is 14.1. The minimum Gasteiger partial charge on any atom is -0.456 e. The van der Waals surface area contributed by atoms with Crippen LogP contribution >= 0.6 is 0 Å². The van der Waals surface area contributed by atoms with Crippen LogP contribution in [0.2, 0.25) is 0 Å². The highest BCUT2D eigenvalue weighted by Crippen LogP contribution is 2.38. The van der Waals surface area contributed by atoms with Gasteiger partial charge >= 0.3 is 0 Å². The van der Waals surface area contributed by atoms with Crippen LogP contribution in [0, 0.1) is 0 Å². The molecule has 0 N–H and O–H groups in total. The Morgan fingerprint density at radius 3 is 1.56 bits per heavy atom. The summed E-state index contributed by atoms with van der Waals surface area (Å²) in [6, 6.07) is 6.28. The fourth-order valence-electron chi connectivity index (χ4n) is 6.62. The van der Waals surface area contributed by atoms with Gasteiger partial charge in [-0.25, -0.2) is 15.0 Å². The topological polar surface area (TPSA) is 51.8 Å². The van der Waals surface area contributed by atoms with Gasteiger partial charge in [-0.05, 0) is 84.9 Å². The van der Waals surface area contributed by atoms with Crippen LogP contribution in [0.1, 0.15) is 26.0 Å². The first-order valence-corrected chi connectivity index (χ1v) is 17.0. The lowest BCUT2D eigenvalue weighted by Gasteiger charge is -2.12. The van der Waals surface area contributed by atoms with E-state index in [1.54, 1.807) is 42.5 Å². The molecule has 0 saturated heterocycles. The summed E-state index contributed by atoms with van der Waals surface area (Å²) in [6.07, 6.45) is 0. The Kier molecular flexibility index (Phi) is 4.03. The predicted molar refractivity (Wildman–Crippen MR) is 227 cm³/mol. The van der Waals surface area contributed by atoms with Crippen molar-refractivity contribution in [3.63, 3.8) is 0 Å². The molecule has 0 amide bonds. The summed E-state index contributed by atoms with van der Waals surface area (Å²) >= 11 is 0. The van der Waals surface area contributed by atoms with Crippen molar-refractivity contribution in [3.8, 4) is 56.4 Å². The molecule has 0 radical (unpaired) electrons. The van der Waals surface area contributed by atoms with Gasteiger partial charge in [-0.2, -0.15) is 0 Å². The molecular weight excluding hydrogens is 671 g/mol. The number of furan rings is 1. The molecule has 4 nitrogen and oxygen atoms in total. The molecule has 55 heavy (non-hydrogen) atoms. The van der Waals surface area contributed by atoms with Crippen LogP contribution in [0.5, 0.6) is 0 Å². The quantitative estimate of drug-likeness (QED) is 0.166. The number of nitrogens with zero attached hydrogens (tertiary/aromatic N) is 3. The largest absolute Gasteiger partial charge is 0.456 e. The van der Waals surface area contributed by atoms with E-state index in [4.69, 9.17) is 29.5 Å². The van der Waals surface area contributed by atoms with Gasteiger partial charge in [0.1, 0.15) is 11.2 Å². The SMILES string of the molecule is [2H]c1c([2H])c(-c2nc(-c3ccccc3)nc(-c3ccc4c(c3)oc3ccccc34)n2)c([2H])c(-c2c([2H])c([2H])c(-c3c([2H])c([2H])c4c5c([2H])c([2H])c([2H])c([2H])c5c5c([2H])c([2H])c([2H])c([2H])c5c4c3[2H])c([2H])c2[2H])c1[2H]. The number of fused-ring (bicyclic) bond motifs is 9. The first-order chi connectivity index (χ1) is 35.2. The molecule has 0 aliphatic rings. The van der Waals surface area contributed by atoms with Crippen molar-refractivity contribution >= 4 is 54.3 Å². The van der Waals surface area contributed by atoms with Crippen molar-refractivity contribution in [1.29, 1.82) is 0 Å². The van der Waals surface area contributed by atoms with Gasteiger partial charge in [-0.15, -0.1) is 0 Å². The van der Waals surface area contributed by atoms with Crippen LogP contribution in [0.3, 0.4) is 0 Å². The van der Waals surface area contributed by atoms with Gasteiger partial charge in [0.05, 0.1) is 26.0 Å². The molecule has 0 saturated carbocycles. The van der Waals surface area contributed by atoms with E-state index in [2.05, 4.69) is 4.98 Å². The van der Waals surface area contributed by atoms with Crippen LogP contribution in [-0.4, -0.2) is 15.0 Å². The lowest BCUT2D eigenvalue weighted by molar-refractivity contribution is 0.669. The number of benzene rings is 9. The van der Waals surface area contributed by atoms with E-state index in [0.29, 0.717) is 22.3 Å². The second-order valence-electron chi connectivity index (χ2n) is 12.5. The zero-order chi connectivity index (χ0) is 52.8. The third-order valence-corrected chi connectivity index (χ3v) is 9.22. The van der Waals surface area contributed by atoms with E-state index in [-0.39, 0.29) is 17.5 Å². The highest BCUT2D eigenvalue weighted by molar-refractivity contribution is 6.25. The molecule has 0 aliphatic carbocycles. The number of hydrogen-bond acceptors (Lipinski definition) is 4. The van der Waals surface area contributed by atoms with E-state index in [9.17, 15) is 11.0 Å². The Balaban J connectivity index is 1.17. The summed E-state index contributed by atoms with van der Waals surface area (Å²) in [5.41, 5.74) is -1.01. The van der Waals surface area contributed by atoms with Crippen molar-refractivity contribution < 1.29 is 30.5 Å². The lowest BCUT2D eigenvalue weighted by atomic mass is 9.92. The lowest BCUT2D eigenvalue weighted by Crippen LogP contribution is -2.00. The molecule has 9 aromatic carbocycles. The predicted octanol–water partition coefficient (Wildman–Crippen LogP) is 13.6. The fourth-order valence-corrected chi connectivity index (χ4v) is 6.62. The van der Waals surface area contributed by atoms with Crippen molar-refractivity contribution in [2.45, 2.75) is 0 Å². The molecule has 11 rings (SSSR count). The van der Waals surface area contributed by atoms with E-state index < -0.39 is 175 Å². The molecule has 0 unspecified atom stereocenters. The molecule has 0 fully saturated rings. The molecule has 0 atom stereocenters. The van der Waals surface area contributed by atoms with Gasteiger partial charge in [0.2, 0.25) is 0 Å². The van der Waals surface area contributed by atoms with E-state index in [0.717, 1.165) is 10.8 Å². The van der Waals surface area contributed by atoms with Gasteiger partial charge in [0.15, 0.2) is 17.5 Å². The first-order valence-electron chi connectivity index (χ1n) is 26.5. The Bertz CT molecular complexity index is 4300. The molecule has 2 aromatic heterocycles. The first kappa shape index (κ1) is 17.6. The zero-order valence-corrected chi connectivity index (χ0v) is 28.2. The van der Waals surface area contributed by atoms with Crippen molar-refractivity contribution in [3.05, 3.63) is 188 Å². The molecule has 0 aliphatic heterocycles. The smallest absolute Gasteiger partial charge is 0.164 e. The molecular formula is C51H31N3O. The second-order valence-corrected chi connectivity index (χ2v) is 12.5. The molecule has 2 heterocycles. The molecule has 0 bridgehead atoms. The van der Waals surface area contributed by atoms with Gasteiger partial charge in [0, 0.05) is 27.5 Å². The Labute approximate surface area is 343 Å². The number of aromatic nitrogens is 3.